The number of hydrazone groups is 1. The van der Waals surface area contributed by atoms with Gasteiger partial charge in [0.1, 0.15) is 6.61 Å². The molecule has 0 spiro atoms. The second-order valence-corrected chi connectivity index (χ2v) is 7.75. The van der Waals surface area contributed by atoms with E-state index in [0.29, 0.717) is 45.8 Å². The van der Waals surface area contributed by atoms with Gasteiger partial charge in [0.2, 0.25) is 0 Å². The van der Waals surface area contributed by atoms with Crippen LogP contribution in [0.5, 0.6) is 11.5 Å². The van der Waals surface area contributed by atoms with Crippen LogP contribution in [0.1, 0.15) is 31.9 Å². The van der Waals surface area contributed by atoms with Crippen LogP contribution in [0, 0.1) is 5.92 Å². The zero-order valence-corrected chi connectivity index (χ0v) is 19.1. The molecule has 166 valence electrons. The number of hydrogen-bond donors (Lipinski definition) is 2. The molecule has 0 aromatic heterocycles. The minimum Gasteiger partial charge on any atom is -0.490 e. The zero-order valence-electron chi connectivity index (χ0n) is 17.6. The Hall–Kier alpha value is -2.77. The molecule has 0 bridgehead atoms. The van der Waals surface area contributed by atoms with Gasteiger partial charge in [-0.3, -0.25) is 9.59 Å². The standard InChI is InChI=1S/C22H25Cl2N3O4/c1-4-30-20-10-15(12-26-27-22(29)21(28)25-11-14(2)3)8-9-19(20)31-13-16-17(23)6-5-7-18(16)24/h5-10,12,14H,4,11,13H2,1-3H3,(H,25,28)(H,27,29)/b26-12-. The van der Waals surface area contributed by atoms with Crippen LogP contribution in [-0.2, 0) is 16.2 Å². The van der Waals surface area contributed by atoms with Crippen molar-refractivity contribution in [2.75, 3.05) is 13.2 Å². The molecule has 0 saturated heterocycles. The minimum absolute atomic E-state index is 0.174. The summed E-state index contributed by atoms with van der Waals surface area (Å²) in [4.78, 5) is 23.4. The summed E-state index contributed by atoms with van der Waals surface area (Å²) in [5.41, 5.74) is 3.52. The summed E-state index contributed by atoms with van der Waals surface area (Å²) >= 11 is 12.4. The fourth-order valence-corrected chi connectivity index (χ4v) is 2.91. The third kappa shape index (κ3) is 7.77. The molecule has 0 heterocycles. The number of amides is 2. The molecule has 0 fully saturated rings. The van der Waals surface area contributed by atoms with Crippen molar-refractivity contribution in [2.45, 2.75) is 27.4 Å². The van der Waals surface area contributed by atoms with E-state index in [1.54, 1.807) is 36.4 Å². The quantitative estimate of drug-likeness (QED) is 0.330. The molecule has 2 aromatic carbocycles. The van der Waals surface area contributed by atoms with Gasteiger partial charge in [0.05, 0.1) is 12.8 Å². The van der Waals surface area contributed by atoms with Crippen LogP contribution < -0.4 is 20.2 Å². The SMILES string of the molecule is CCOc1cc(/C=N\NC(=O)C(=O)NCC(C)C)ccc1OCc1c(Cl)cccc1Cl. The average Bonchev–Trinajstić information content (AvgIpc) is 2.73. The van der Waals surface area contributed by atoms with E-state index in [1.165, 1.54) is 6.21 Å². The molecule has 0 unspecified atom stereocenters. The summed E-state index contributed by atoms with van der Waals surface area (Å²) in [5, 5.41) is 7.37. The molecule has 0 aliphatic carbocycles. The first-order valence-corrected chi connectivity index (χ1v) is 10.5. The summed E-state index contributed by atoms with van der Waals surface area (Å²) in [5.74, 6) is -0.323. The highest BCUT2D eigenvalue weighted by molar-refractivity contribution is 6.36. The number of benzene rings is 2. The van der Waals surface area contributed by atoms with Crippen molar-refractivity contribution in [2.24, 2.45) is 11.0 Å². The summed E-state index contributed by atoms with van der Waals surface area (Å²) in [6.45, 7) is 6.73. The van der Waals surface area contributed by atoms with Gasteiger partial charge in [-0.25, -0.2) is 5.43 Å². The number of nitrogens with one attached hydrogen (secondary N) is 2. The van der Waals surface area contributed by atoms with Gasteiger partial charge in [-0.15, -0.1) is 0 Å². The maximum Gasteiger partial charge on any atom is 0.329 e. The number of carbonyl (C=O) groups excluding carboxylic acids is 2. The first-order valence-electron chi connectivity index (χ1n) is 9.75. The largest absolute Gasteiger partial charge is 0.490 e. The lowest BCUT2D eigenvalue weighted by atomic mass is 10.2. The molecular formula is C22H25Cl2N3O4. The van der Waals surface area contributed by atoms with Gasteiger partial charge >= 0.3 is 11.8 Å². The van der Waals surface area contributed by atoms with Gasteiger partial charge in [0.15, 0.2) is 11.5 Å². The van der Waals surface area contributed by atoms with Crippen molar-refractivity contribution in [3.8, 4) is 11.5 Å². The van der Waals surface area contributed by atoms with Crippen molar-refractivity contribution in [1.82, 2.24) is 10.7 Å². The number of ether oxygens (including phenoxy) is 2. The molecule has 0 aliphatic heterocycles. The number of carbonyl (C=O) groups is 2. The molecule has 0 aliphatic rings. The highest BCUT2D eigenvalue weighted by atomic mass is 35.5. The summed E-state index contributed by atoms with van der Waals surface area (Å²) in [7, 11) is 0. The second kappa shape index (κ2) is 12.2. The van der Waals surface area contributed by atoms with Crippen LogP contribution in [-0.4, -0.2) is 31.2 Å². The van der Waals surface area contributed by atoms with Crippen molar-refractivity contribution in [1.29, 1.82) is 0 Å². The van der Waals surface area contributed by atoms with E-state index in [1.807, 2.05) is 20.8 Å². The van der Waals surface area contributed by atoms with Crippen molar-refractivity contribution < 1.29 is 19.1 Å². The van der Waals surface area contributed by atoms with E-state index in [-0.39, 0.29) is 12.5 Å². The van der Waals surface area contributed by atoms with Crippen molar-refractivity contribution in [3.63, 3.8) is 0 Å². The van der Waals surface area contributed by atoms with E-state index in [2.05, 4.69) is 15.8 Å². The highest BCUT2D eigenvalue weighted by Gasteiger charge is 2.13. The van der Waals surface area contributed by atoms with Gasteiger partial charge in [-0.2, -0.15) is 5.10 Å². The molecule has 7 nitrogen and oxygen atoms in total. The molecule has 0 radical (unpaired) electrons. The molecule has 0 saturated carbocycles. The van der Waals surface area contributed by atoms with Crippen LogP contribution in [0.3, 0.4) is 0 Å². The number of nitrogens with zero attached hydrogens (tertiary/aromatic N) is 1. The lowest BCUT2D eigenvalue weighted by Gasteiger charge is -2.14. The van der Waals surface area contributed by atoms with Gasteiger partial charge in [0.25, 0.3) is 0 Å². The summed E-state index contributed by atoms with van der Waals surface area (Å²) < 4.78 is 11.5. The minimum atomic E-state index is -0.835. The third-order valence-electron chi connectivity index (χ3n) is 3.96. The maximum atomic E-state index is 11.7. The van der Waals surface area contributed by atoms with Crippen LogP contribution in [0.25, 0.3) is 0 Å². The molecule has 31 heavy (non-hydrogen) atoms. The van der Waals surface area contributed by atoms with E-state index in [9.17, 15) is 9.59 Å². The predicted octanol–water partition coefficient (Wildman–Crippen LogP) is 4.19. The first kappa shape index (κ1) is 24.5. The monoisotopic (exact) mass is 465 g/mol. The molecular weight excluding hydrogens is 441 g/mol. The lowest BCUT2D eigenvalue weighted by Crippen LogP contribution is -2.39. The molecule has 2 aromatic rings. The van der Waals surface area contributed by atoms with E-state index in [4.69, 9.17) is 32.7 Å². The van der Waals surface area contributed by atoms with Crippen LogP contribution in [0.4, 0.5) is 0 Å². The van der Waals surface area contributed by atoms with E-state index >= 15 is 0 Å². The zero-order chi connectivity index (χ0) is 22.8. The molecule has 9 heteroatoms. The Kier molecular flexibility index (Phi) is 9.62. The Bertz CT molecular complexity index is 928. The molecule has 0 atom stereocenters. The van der Waals surface area contributed by atoms with Gasteiger partial charge < -0.3 is 14.8 Å². The third-order valence-corrected chi connectivity index (χ3v) is 4.67. The maximum absolute atomic E-state index is 11.7. The average molecular weight is 466 g/mol. The van der Waals surface area contributed by atoms with E-state index < -0.39 is 11.8 Å². The number of rotatable bonds is 9. The normalized spacial score (nSPS) is 10.9. The lowest BCUT2D eigenvalue weighted by molar-refractivity contribution is -0.139. The summed E-state index contributed by atoms with van der Waals surface area (Å²) in [6, 6.07) is 10.4. The highest BCUT2D eigenvalue weighted by Crippen LogP contribution is 2.31. The van der Waals surface area contributed by atoms with Gasteiger partial charge in [-0.05, 0) is 48.7 Å². The fourth-order valence-electron chi connectivity index (χ4n) is 2.41. The van der Waals surface area contributed by atoms with Crippen LogP contribution in [0.15, 0.2) is 41.5 Å². The molecule has 2 rings (SSSR count). The van der Waals surface area contributed by atoms with Crippen molar-refractivity contribution >= 4 is 41.2 Å². The smallest absolute Gasteiger partial charge is 0.329 e. The second-order valence-electron chi connectivity index (χ2n) is 6.93. The van der Waals surface area contributed by atoms with Crippen LogP contribution in [0.2, 0.25) is 10.0 Å². The Labute approximate surface area is 191 Å². The van der Waals surface area contributed by atoms with Gasteiger partial charge in [-0.1, -0.05) is 43.1 Å². The van der Waals surface area contributed by atoms with E-state index in [0.717, 1.165) is 0 Å². The van der Waals surface area contributed by atoms with Crippen LogP contribution >= 0.6 is 23.2 Å². The van der Waals surface area contributed by atoms with Gasteiger partial charge in [0, 0.05) is 22.2 Å². The number of halogens is 2. The number of hydrogen-bond acceptors (Lipinski definition) is 5. The molecule has 2 N–H and O–H groups in total. The predicted molar refractivity (Wildman–Crippen MR) is 122 cm³/mol. The Balaban J connectivity index is 2.03. The molecule has 2 amide bonds. The Morgan fingerprint density at radius 1 is 1.06 bits per heavy atom. The van der Waals surface area contributed by atoms with Crippen molar-refractivity contribution in [3.05, 3.63) is 57.6 Å². The Morgan fingerprint density at radius 3 is 2.42 bits per heavy atom. The Morgan fingerprint density at radius 2 is 1.77 bits per heavy atom. The first-order chi connectivity index (χ1) is 14.8. The topological polar surface area (TPSA) is 89.0 Å². The summed E-state index contributed by atoms with van der Waals surface area (Å²) in [6.07, 6.45) is 1.41. The fraction of sp³-hybridized carbons (Fsp3) is 0.318.